The average Bonchev–Trinajstić information content (AvgIpc) is 2.98. The second kappa shape index (κ2) is 8.22. The Hall–Kier alpha value is -1.91. The van der Waals surface area contributed by atoms with Gasteiger partial charge in [0.1, 0.15) is 11.1 Å². The zero-order chi connectivity index (χ0) is 21.2. The van der Waals surface area contributed by atoms with Gasteiger partial charge in [-0.2, -0.15) is 13.2 Å². The number of hydrogen-bond donors (Lipinski definition) is 1. The van der Waals surface area contributed by atoms with Crippen molar-refractivity contribution in [3.63, 3.8) is 0 Å². The van der Waals surface area contributed by atoms with E-state index in [9.17, 15) is 22.8 Å². The first-order valence-electron chi connectivity index (χ1n) is 9.71. The van der Waals surface area contributed by atoms with Crippen LogP contribution in [0.4, 0.5) is 18.0 Å². The van der Waals surface area contributed by atoms with Crippen LogP contribution in [0.2, 0.25) is 0 Å². The molecule has 8 heteroatoms. The molecule has 1 aliphatic heterocycles. The van der Waals surface area contributed by atoms with Crippen LogP contribution in [0.5, 0.6) is 0 Å². The van der Waals surface area contributed by atoms with Crippen molar-refractivity contribution in [1.29, 1.82) is 0 Å². The molecule has 2 fully saturated rings. The molecule has 1 N–H and O–H groups in total. The van der Waals surface area contributed by atoms with Crippen molar-refractivity contribution < 1.29 is 27.5 Å². The third kappa shape index (κ3) is 5.12. The summed E-state index contributed by atoms with van der Waals surface area (Å²) >= 11 is 0. The van der Waals surface area contributed by atoms with Crippen LogP contribution in [0.1, 0.15) is 65.7 Å². The van der Waals surface area contributed by atoms with Gasteiger partial charge >= 0.3 is 12.3 Å². The lowest BCUT2D eigenvalue weighted by atomic mass is 9.84. The molecule has 28 heavy (non-hydrogen) atoms. The van der Waals surface area contributed by atoms with Crippen LogP contribution in [0.25, 0.3) is 0 Å². The van der Waals surface area contributed by atoms with E-state index in [-0.39, 0.29) is 19.3 Å². The second-order valence-corrected chi connectivity index (χ2v) is 8.72. The van der Waals surface area contributed by atoms with Crippen molar-refractivity contribution >= 4 is 12.0 Å². The SMILES string of the molecule is C#CC[C@]1(C(=O)N[C@@H]2CCC[C@H](C(F)(F)F)C2)CCCN1C(=O)OC(C)(C)C. The van der Waals surface area contributed by atoms with Crippen LogP contribution in [-0.2, 0) is 9.53 Å². The Balaban J connectivity index is 2.16. The maximum Gasteiger partial charge on any atom is 0.411 e. The molecular formula is C20H29F3N2O3. The Morgan fingerprint density at radius 1 is 1.25 bits per heavy atom. The molecule has 0 bridgehead atoms. The van der Waals surface area contributed by atoms with Crippen LogP contribution in [-0.4, -0.2) is 46.8 Å². The number of rotatable bonds is 3. The molecule has 2 aliphatic rings. The zero-order valence-electron chi connectivity index (χ0n) is 16.7. The first kappa shape index (κ1) is 22.4. The molecular weight excluding hydrogens is 373 g/mol. The van der Waals surface area contributed by atoms with Gasteiger partial charge in [0.05, 0.1) is 5.92 Å². The Morgan fingerprint density at radius 2 is 1.93 bits per heavy atom. The molecule has 0 aromatic heterocycles. The van der Waals surface area contributed by atoms with Crippen LogP contribution < -0.4 is 5.32 Å². The number of hydrogen-bond acceptors (Lipinski definition) is 3. The molecule has 0 unspecified atom stereocenters. The van der Waals surface area contributed by atoms with Gasteiger partial charge in [-0.25, -0.2) is 4.79 Å². The number of carbonyl (C=O) groups excluding carboxylic acids is 2. The summed E-state index contributed by atoms with van der Waals surface area (Å²) in [4.78, 5) is 27.1. The minimum Gasteiger partial charge on any atom is -0.444 e. The Labute approximate surface area is 164 Å². The molecule has 1 heterocycles. The molecule has 3 atom stereocenters. The number of halogens is 3. The van der Waals surface area contributed by atoms with E-state index in [2.05, 4.69) is 11.2 Å². The summed E-state index contributed by atoms with van der Waals surface area (Å²) in [5.74, 6) is 0.558. The minimum atomic E-state index is -4.27. The summed E-state index contributed by atoms with van der Waals surface area (Å²) < 4.78 is 44.6. The van der Waals surface area contributed by atoms with Crippen molar-refractivity contribution in [2.24, 2.45) is 5.92 Å². The summed E-state index contributed by atoms with van der Waals surface area (Å²) in [5, 5.41) is 2.75. The highest BCUT2D eigenvalue weighted by molar-refractivity contribution is 5.91. The molecule has 1 saturated heterocycles. The van der Waals surface area contributed by atoms with E-state index in [4.69, 9.17) is 11.2 Å². The molecule has 0 spiro atoms. The van der Waals surface area contributed by atoms with E-state index >= 15 is 0 Å². The number of terminal acetylenes is 1. The van der Waals surface area contributed by atoms with Crippen LogP contribution in [0.3, 0.4) is 0 Å². The summed E-state index contributed by atoms with van der Waals surface area (Å²) in [6.45, 7) is 5.50. The van der Waals surface area contributed by atoms with Gasteiger partial charge in [-0.1, -0.05) is 6.42 Å². The lowest BCUT2D eigenvalue weighted by molar-refractivity contribution is -0.184. The van der Waals surface area contributed by atoms with Gasteiger partial charge in [0.25, 0.3) is 0 Å². The van der Waals surface area contributed by atoms with Crippen molar-refractivity contribution in [3.8, 4) is 12.3 Å². The fourth-order valence-electron chi connectivity index (χ4n) is 4.07. The molecule has 2 amide bonds. The predicted octanol–water partition coefficient (Wildman–Crippen LogP) is 4.02. The summed E-state index contributed by atoms with van der Waals surface area (Å²) in [6.07, 6.45) is 2.31. The van der Waals surface area contributed by atoms with Gasteiger partial charge in [-0.15, -0.1) is 12.3 Å². The topological polar surface area (TPSA) is 58.6 Å². The number of carbonyl (C=O) groups is 2. The predicted molar refractivity (Wildman–Crippen MR) is 98.3 cm³/mol. The fraction of sp³-hybridized carbons (Fsp3) is 0.800. The smallest absolute Gasteiger partial charge is 0.411 e. The number of likely N-dealkylation sites (tertiary alicyclic amines) is 1. The molecule has 2 rings (SSSR count). The number of nitrogens with one attached hydrogen (secondary N) is 1. The van der Waals surface area contributed by atoms with Crippen molar-refractivity contribution in [2.75, 3.05) is 6.54 Å². The largest absolute Gasteiger partial charge is 0.444 e. The summed E-state index contributed by atoms with van der Waals surface area (Å²) in [5.41, 5.74) is -2.01. The minimum absolute atomic E-state index is 0.00645. The van der Waals surface area contributed by atoms with Gasteiger partial charge < -0.3 is 10.1 Å². The lowest BCUT2D eigenvalue weighted by Gasteiger charge is -2.39. The molecule has 158 valence electrons. The third-order valence-electron chi connectivity index (χ3n) is 5.39. The van der Waals surface area contributed by atoms with E-state index in [1.807, 2.05) is 0 Å². The highest BCUT2D eigenvalue weighted by Crippen LogP contribution is 2.39. The van der Waals surface area contributed by atoms with Crippen LogP contribution in [0, 0.1) is 18.3 Å². The normalized spacial score (nSPS) is 28.5. The number of alkyl halides is 3. The molecule has 1 saturated carbocycles. The molecule has 5 nitrogen and oxygen atoms in total. The average molecular weight is 402 g/mol. The lowest BCUT2D eigenvalue weighted by Crippen LogP contribution is -2.60. The van der Waals surface area contributed by atoms with Crippen molar-refractivity contribution in [1.82, 2.24) is 10.2 Å². The van der Waals surface area contributed by atoms with E-state index in [0.717, 1.165) is 0 Å². The van der Waals surface area contributed by atoms with Crippen molar-refractivity contribution in [3.05, 3.63) is 0 Å². The zero-order valence-corrected chi connectivity index (χ0v) is 16.7. The molecule has 1 aliphatic carbocycles. The quantitative estimate of drug-likeness (QED) is 0.726. The molecule has 0 radical (unpaired) electrons. The molecule has 0 aromatic rings. The van der Waals surface area contributed by atoms with Gasteiger partial charge in [0, 0.05) is 19.0 Å². The second-order valence-electron chi connectivity index (χ2n) is 8.72. The highest BCUT2D eigenvalue weighted by atomic mass is 19.4. The third-order valence-corrected chi connectivity index (χ3v) is 5.39. The number of amides is 2. The fourth-order valence-corrected chi connectivity index (χ4v) is 4.07. The van der Waals surface area contributed by atoms with Crippen LogP contribution in [0.15, 0.2) is 0 Å². The Kier molecular flexibility index (Phi) is 6.57. The van der Waals surface area contributed by atoms with Gasteiger partial charge in [-0.3, -0.25) is 9.69 Å². The van der Waals surface area contributed by atoms with Crippen LogP contribution >= 0.6 is 0 Å². The highest BCUT2D eigenvalue weighted by Gasteiger charge is 2.51. The number of nitrogens with zero attached hydrogens (tertiary/aromatic N) is 1. The van der Waals surface area contributed by atoms with E-state index in [1.165, 1.54) is 4.90 Å². The summed E-state index contributed by atoms with van der Waals surface area (Å²) in [7, 11) is 0. The van der Waals surface area contributed by atoms with Gasteiger partial charge in [0.15, 0.2) is 0 Å². The standard InChI is InChI=1S/C20H29F3N2O3/c1-5-10-19(11-7-12-25(19)17(27)28-18(2,3)4)16(26)24-15-9-6-8-14(13-15)20(21,22)23/h1,14-15H,6-13H2,2-4H3,(H,24,26)/t14-,15+,19+/m0/s1. The summed E-state index contributed by atoms with van der Waals surface area (Å²) in [6, 6.07) is -0.580. The van der Waals surface area contributed by atoms with E-state index in [1.54, 1.807) is 20.8 Å². The van der Waals surface area contributed by atoms with Crippen molar-refractivity contribution in [2.45, 2.75) is 89.1 Å². The maximum absolute atomic E-state index is 13.1. The first-order chi connectivity index (χ1) is 12.9. The maximum atomic E-state index is 13.1. The van der Waals surface area contributed by atoms with E-state index < -0.39 is 41.3 Å². The monoisotopic (exact) mass is 402 g/mol. The van der Waals surface area contributed by atoms with Gasteiger partial charge in [0.2, 0.25) is 5.91 Å². The van der Waals surface area contributed by atoms with E-state index in [0.29, 0.717) is 32.2 Å². The molecule has 0 aromatic carbocycles. The Morgan fingerprint density at radius 3 is 2.50 bits per heavy atom. The number of ether oxygens (including phenoxy) is 1. The van der Waals surface area contributed by atoms with Gasteiger partial charge in [-0.05, 0) is 52.9 Å². The first-order valence-corrected chi connectivity index (χ1v) is 9.71. The Bertz CT molecular complexity index is 636.